The lowest BCUT2D eigenvalue weighted by molar-refractivity contribution is 0.238. The molecule has 25 heavy (non-hydrogen) atoms. The molecule has 0 aliphatic carbocycles. The minimum Gasteiger partial charge on any atom is -0.310 e. The molecule has 1 N–H and O–H groups in total. The van der Waals surface area contributed by atoms with Gasteiger partial charge in [-0.05, 0) is 12.1 Å². The summed E-state index contributed by atoms with van der Waals surface area (Å²) in [6.07, 6.45) is 2.61. The molecule has 1 aliphatic rings. The number of hydrogen-bond acceptors (Lipinski definition) is 5. The number of fused-ring (bicyclic) bond motifs is 2. The van der Waals surface area contributed by atoms with Crippen molar-refractivity contribution in [3.05, 3.63) is 63.6 Å². The minimum atomic E-state index is -0.0111. The smallest absolute Gasteiger partial charge is 0.255 e. The fourth-order valence-electron chi connectivity index (χ4n) is 3.21. The molecule has 1 aliphatic heterocycles. The quantitative estimate of drug-likeness (QED) is 0.795. The van der Waals surface area contributed by atoms with Crippen LogP contribution in [0.4, 0.5) is 0 Å². The normalized spacial score (nSPS) is 14.8. The van der Waals surface area contributed by atoms with Crippen LogP contribution < -0.4 is 5.56 Å². The summed E-state index contributed by atoms with van der Waals surface area (Å²) in [5, 5.41) is 0. The van der Waals surface area contributed by atoms with Crippen LogP contribution in [0.2, 0.25) is 0 Å². The van der Waals surface area contributed by atoms with Crippen LogP contribution in [0, 0.1) is 0 Å². The Bertz CT molecular complexity index is 979. The van der Waals surface area contributed by atoms with E-state index in [0.717, 1.165) is 46.8 Å². The van der Waals surface area contributed by atoms with Crippen LogP contribution in [0.5, 0.6) is 0 Å². The van der Waals surface area contributed by atoms with Gasteiger partial charge >= 0.3 is 0 Å². The molecule has 3 heterocycles. The summed E-state index contributed by atoms with van der Waals surface area (Å²) >= 11 is 0. The van der Waals surface area contributed by atoms with E-state index in [0.29, 0.717) is 13.1 Å². The van der Waals surface area contributed by atoms with Gasteiger partial charge in [0.05, 0.1) is 34.2 Å². The molecule has 128 valence electrons. The van der Waals surface area contributed by atoms with E-state index in [9.17, 15) is 4.79 Å². The van der Waals surface area contributed by atoms with Crippen molar-refractivity contribution in [2.24, 2.45) is 0 Å². The number of rotatable bonds is 3. The summed E-state index contributed by atoms with van der Waals surface area (Å²) in [5.41, 5.74) is 4.43. The Balaban J connectivity index is 1.56. The van der Waals surface area contributed by atoms with Crippen molar-refractivity contribution in [2.45, 2.75) is 39.3 Å². The monoisotopic (exact) mass is 335 g/mol. The van der Waals surface area contributed by atoms with Crippen LogP contribution >= 0.6 is 0 Å². The number of H-pyrrole nitrogens is 1. The zero-order chi connectivity index (χ0) is 17.4. The first-order chi connectivity index (χ1) is 12.1. The van der Waals surface area contributed by atoms with Crippen LogP contribution in [-0.4, -0.2) is 31.4 Å². The van der Waals surface area contributed by atoms with E-state index >= 15 is 0 Å². The third-order valence-corrected chi connectivity index (χ3v) is 4.60. The maximum atomic E-state index is 12.4. The van der Waals surface area contributed by atoms with E-state index in [-0.39, 0.29) is 11.5 Å². The van der Waals surface area contributed by atoms with Gasteiger partial charge in [0.15, 0.2) is 0 Å². The summed E-state index contributed by atoms with van der Waals surface area (Å²) < 4.78 is 0. The van der Waals surface area contributed by atoms with Gasteiger partial charge in [0.2, 0.25) is 0 Å². The van der Waals surface area contributed by atoms with E-state index in [4.69, 9.17) is 0 Å². The number of hydrogen-bond donors (Lipinski definition) is 1. The molecular formula is C19H21N5O. The third-order valence-electron chi connectivity index (χ3n) is 4.60. The Morgan fingerprint density at radius 2 is 2.00 bits per heavy atom. The third kappa shape index (κ3) is 3.17. The highest BCUT2D eigenvalue weighted by Crippen LogP contribution is 2.18. The van der Waals surface area contributed by atoms with E-state index in [1.165, 1.54) is 0 Å². The molecule has 3 aromatic rings. The molecule has 0 unspecified atom stereocenters. The van der Waals surface area contributed by atoms with Crippen molar-refractivity contribution in [1.29, 1.82) is 0 Å². The molecule has 0 spiro atoms. The van der Waals surface area contributed by atoms with Crippen LogP contribution in [-0.2, 0) is 19.5 Å². The predicted octanol–water partition coefficient (Wildman–Crippen LogP) is 2.39. The predicted molar refractivity (Wildman–Crippen MR) is 96.3 cm³/mol. The number of benzene rings is 1. The van der Waals surface area contributed by atoms with Gasteiger partial charge in [-0.3, -0.25) is 14.7 Å². The Kier molecular flexibility index (Phi) is 4.05. The van der Waals surface area contributed by atoms with Crippen LogP contribution in [0.15, 0.2) is 35.3 Å². The lowest BCUT2D eigenvalue weighted by Crippen LogP contribution is -2.36. The van der Waals surface area contributed by atoms with Crippen LogP contribution in [0.1, 0.15) is 42.5 Å². The highest BCUT2D eigenvalue weighted by atomic mass is 16.1. The molecular weight excluding hydrogens is 314 g/mol. The average Bonchev–Trinajstić information content (AvgIpc) is 2.62. The molecule has 0 bridgehead atoms. The lowest BCUT2D eigenvalue weighted by Gasteiger charge is -2.27. The van der Waals surface area contributed by atoms with E-state index in [1.54, 1.807) is 0 Å². The second kappa shape index (κ2) is 6.37. The van der Waals surface area contributed by atoms with Crippen LogP contribution in [0.25, 0.3) is 11.0 Å². The molecule has 6 heteroatoms. The van der Waals surface area contributed by atoms with Crippen molar-refractivity contribution in [3.63, 3.8) is 0 Å². The number of para-hydroxylation sites is 2. The fourth-order valence-corrected chi connectivity index (χ4v) is 3.21. The first-order valence-corrected chi connectivity index (χ1v) is 8.65. The topological polar surface area (TPSA) is 74.8 Å². The molecule has 0 fully saturated rings. The summed E-state index contributed by atoms with van der Waals surface area (Å²) in [4.78, 5) is 31.4. The number of nitrogens with zero attached hydrogens (tertiary/aromatic N) is 4. The van der Waals surface area contributed by atoms with Gasteiger partial charge in [0.1, 0.15) is 5.82 Å². The Labute approximate surface area is 146 Å². The standard InChI is InChI=1S/C19H21N5O/c1-12(2)18-22-15-7-8-24(11-14(15)19(25)23-18)10-13-9-20-16-5-3-4-6-17(16)21-13/h3-6,9,12H,7-8,10-11H2,1-2H3,(H,22,23,25). The Morgan fingerprint density at radius 1 is 1.20 bits per heavy atom. The van der Waals surface area contributed by atoms with Gasteiger partial charge in [-0.2, -0.15) is 0 Å². The van der Waals surface area contributed by atoms with E-state index < -0.39 is 0 Å². The second-order valence-corrected chi connectivity index (χ2v) is 6.84. The molecule has 0 saturated carbocycles. The van der Waals surface area contributed by atoms with E-state index in [2.05, 4.69) is 24.8 Å². The van der Waals surface area contributed by atoms with Crippen molar-refractivity contribution in [3.8, 4) is 0 Å². The maximum Gasteiger partial charge on any atom is 0.255 e. The number of aromatic amines is 1. The van der Waals surface area contributed by atoms with Crippen molar-refractivity contribution in [1.82, 2.24) is 24.8 Å². The first kappa shape index (κ1) is 15.9. The molecule has 0 radical (unpaired) electrons. The van der Waals surface area contributed by atoms with Crippen molar-refractivity contribution >= 4 is 11.0 Å². The zero-order valence-corrected chi connectivity index (χ0v) is 14.5. The van der Waals surface area contributed by atoms with Crippen molar-refractivity contribution < 1.29 is 0 Å². The molecule has 2 aromatic heterocycles. The summed E-state index contributed by atoms with van der Waals surface area (Å²) in [6.45, 7) is 6.24. The first-order valence-electron chi connectivity index (χ1n) is 8.65. The minimum absolute atomic E-state index is 0.0111. The van der Waals surface area contributed by atoms with Gasteiger partial charge < -0.3 is 4.98 Å². The Hall–Kier alpha value is -2.60. The maximum absolute atomic E-state index is 12.4. The van der Waals surface area contributed by atoms with Crippen molar-refractivity contribution in [2.75, 3.05) is 6.54 Å². The molecule has 0 atom stereocenters. The van der Waals surface area contributed by atoms with Gasteiger partial charge in [0.25, 0.3) is 5.56 Å². The van der Waals surface area contributed by atoms with Crippen LogP contribution in [0.3, 0.4) is 0 Å². The summed E-state index contributed by atoms with van der Waals surface area (Å²) in [6, 6.07) is 7.86. The zero-order valence-electron chi connectivity index (χ0n) is 14.5. The van der Waals surface area contributed by atoms with Gasteiger partial charge in [0, 0.05) is 32.0 Å². The summed E-state index contributed by atoms with van der Waals surface area (Å²) in [5.74, 6) is 1.00. The van der Waals surface area contributed by atoms with Gasteiger partial charge in [-0.15, -0.1) is 0 Å². The molecule has 4 rings (SSSR count). The average molecular weight is 335 g/mol. The lowest BCUT2D eigenvalue weighted by atomic mass is 10.1. The van der Waals surface area contributed by atoms with E-state index in [1.807, 2.05) is 44.3 Å². The fraction of sp³-hybridized carbons (Fsp3) is 0.368. The van der Waals surface area contributed by atoms with Gasteiger partial charge in [-0.25, -0.2) is 9.97 Å². The molecule has 6 nitrogen and oxygen atoms in total. The second-order valence-electron chi connectivity index (χ2n) is 6.84. The SMILES string of the molecule is CC(C)c1nc2c(c(=O)[nH]1)CN(Cc1cnc3ccccc3n1)CC2. The highest BCUT2D eigenvalue weighted by Gasteiger charge is 2.22. The van der Waals surface area contributed by atoms with Gasteiger partial charge in [-0.1, -0.05) is 26.0 Å². The number of aromatic nitrogens is 4. The molecule has 1 aromatic carbocycles. The number of nitrogens with one attached hydrogen (secondary N) is 1. The largest absolute Gasteiger partial charge is 0.310 e. The Morgan fingerprint density at radius 3 is 2.80 bits per heavy atom. The summed E-state index contributed by atoms with van der Waals surface area (Å²) in [7, 11) is 0. The highest BCUT2D eigenvalue weighted by molar-refractivity contribution is 5.73. The molecule has 0 amide bonds. The molecule has 0 saturated heterocycles.